The molecule has 1 aromatic carbocycles. The molecule has 3 heteroatoms. The van der Waals surface area contributed by atoms with Crippen LogP contribution in [0.25, 0.3) is 0 Å². The molecule has 3 nitrogen and oxygen atoms in total. The standard InChI is InChI=1S/C17H25NO2/c1-12-14(6-5-7-15(12)19)16(20)18-10-8-13(9-11-18)17(2,3)4/h5-7,13,19H,8-11H2,1-4H3. The Labute approximate surface area is 121 Å². The topological polar surface area (TPSA) is 40.5 Å². The molecular weight excluding hydrogens is 250 g/mol. The van der Waals surface area contributed by atoms with Crippen molar-refractivity contribution in [2.45, 2.75) is 40.5 Å². The number of piperidine rings is 1. The van der Waals surface area contributed by atoms with Gasteiger partial charge in [-0.15, -0.1) is 0 Å². The van der Waals surface area contributed by atoms with E-state index in [0.717, 1.165) is 25.9 Å². The SMILES string of the molecule is Cc1c(O)cccc1C(=O)N1CCC(C(C)(C)C)CC1. The van der Waals surface area contributed by atoms with E-state index >= 15 is 0 Å². The summed E-state index contributed by atoms with van der Waals surface area (Å²) in [6.45, 7) is 10.2. The molecule has 0 radical (unpaired) electrons. The number of aromatic hydroxyl groups is 1. The zero-order valence-electron chi connectivity index (χ0n) is 12.9. The molecule has 1 amide bonds. The smallest absolute Gasteiger partial charge is 0.254 e. The highest BCUT2D eigenvalue weighted by Gasteiger charge is 2.31. The number of phenolic OH excluding ortho intramolecular Hbond substituents is 1. The van der Waals surface area contributed by atoms with Crippen LogP contribution in [0.1, 0.15) is 49.5 Å². The highest BCUT2D eigenvalue weighted by atomic mass is 16.3. The van der Waals surface area contributed by atoms with Gasteiger partial charge in [0.2, 0.25) is 0 Å². The molecule has 110 valence electrons. The fraction of sp³-hybridized carbons (Fsp3) is 0.588. The summed E-state index contributed by atoms with van der Waals surface area (Å²) in [7, 11) is 0. The van der Waals surface area contributed by atoms with Gasteiger partial charge < -0.3 is 10.0 Å². The predicted octanol–water partition coefficient (Wildman–Crippen LogP) is 3.60. The van der Waals surface area contributed by atoms with Crippen molar-refractivity contribution in [2.75, 3.05) is 13.1 Å². The van der Waals surface area contributed by atoms with Crippen molar-refractivity contribution in [3.05, 3.63) is 29.3 Å². The third-order valence-electron chi connectivity index (χ3n) is 4.54. The number of hydrogen-bond donors (Lipinski definition) is 1. The molecular formula is C17H25NO2. The third kappa shape index (κ3) is 2.97. The van der Waals surface area contributed by atoms with Gasteiger partial charge in [0.1, 0.15) is 5.75 Å². The Kier molecular flexibility index (Phi) is 4.07. The van der Waals surface area contributed by atoms with Crippen LogP contribution in [0.5, 0.6) is 5.75 Å². The summed E-state index contributed by atoms with van der Waals surface area (Å²) in [6, 6.07) is 5.16. The van der Waals surface area contributed by atoms with Gasteiger partial charge in [-0.2, -0.15) is 0 Å². The van der Waals surface area contributed by atoms with Crippen molar-refractivity contribution in [3.63, 3.8) is 0 Å². The van der Waals surface area contributed by atoms with Crippen LogP contribution in [-0.4, -0.2) is 29.0 Å². The van der Waals surface area contributed by atoms with Crippen molar-refractivity contribution in [1.82, 2.24) is 4.90 Å². The fourth-order valence-corrected chi connectivity index (χ4v) is 2.97. The van der Waals surface area contributed by atoms with E-state index in [1.54, 1.807) is 25.1 Å². The maximum atomic E-state index is 12.5. The first-order chi connectivity index (χ1) is 9.30. The van der Waals surface area contributed by atoms with Gasteiger partial charge in [-0.3, -0.25) is 4.79 Å². The summed E-state index contributed by atoms with van der Waals surface area (Å²) < 4.78 is 0. The molecule has 0 aliphatic carbocycles. The van der Waals surface area contributed by atoms with Crippen molar-refractivity contribution in [3.8, 4) is 5.75 Å². The summed E-state index contributed by atoms with van der Waals surface area (Å²) >= 11 is 0. The van der Waals surface area contributed by atoms with Crippen molar-refractivity contribution in [1.29, 1.82) is 0 Å². The number of likely N-dealkylation sites (tertiary alicyclic amines) is 1. The number of phenols is 1. The van der Waals surface area contributed by atoms with Crippen LogP contribution >= 0.6 is 0 Å². The number of rotatable bonds is 1. The number of carbonyl (C=O) groups is 1. The zero-order chi connectivity index (χ0) is 14.9. The zero-order valence-corrected chi connectivity index (χ0v) is 12.9. The van der Waals surface area contributed by atoms with Crippen LogP contribution in [0.3, 0.4) is 0 Å². The molecule has 1 saturated heterocycles. The van der Waals surface area contributed by atoms with Gasteiger partial charge in [0.05, 0.1) is 0 Å². The Bertz CT molecular complexity index is 494. The molecule has 0 saturated carbocycles. The largest absolute Gasteiger partial charge is 0.508 e. The van der Waals surface area contributed by atoms with Gasteiger partial charge in [0, 0.05) is 24.2 Å². The molecule has 1 heterocycles. The van der Waals surface area contributed by atoms with Crippen LogP contribution in [0.15, 0.2) is 18.2 Å². The second-order valence-electron chi connectivity index (χ2n) is 6.88. The Hall–Kier alpha value is -1.51. The molecule has 1 aliphatic heterocycles. The lowest BCUT2D eigenvalue weighted by atomic mass is 9.75. The van der Waals surface area contributed by atoms with Crippen molar-refractivity contribution < 1.29 is 9.90 Å². The van der Waals surface area contributed by atoms with Crippen molar-refractivity contribution in [2.24, 2.45) is 11.3 Å². The van der Waals surface area contributed by atoms with Gasteiger partial charge in [0.15, 0.2) is 0 Å². The fourth-order valence-electron chi connectivity index (χ4n) is 2.97. The average Bonchev–Trinajstić information content (AvgIpc) is 2.40. The molecule has 0 spiro atoms. The molecule has 1 aromatic rings. The van der Waals surface area contributed by atoms with Gasteiger partial charge in [-0.25, -0.2) is 0 Å². The first-order valence-electron chi connectivity index (χ1n) is 7.38. The summed E-state index contributed by atoms with van der Waals surface area (Å²) in [5, 5.41) is 9.73. The lowest BCUT2D eigenvalue weighted by molar-refractivity contribution is 0.0607. The molecule has 0 unspecified atom stereocenters. The maximum Gasteiger partial charge on any atom is 0.254 e. The molecule has 20 heavy (non-hydrogen) atoms. The van der Waals surface area contributed by atoms with E-state index in [2.05, 4.69) is 20.8 Å². The number of benzene rings is 1. The number of nitrogens with zero attached hydrogens (tertiary/aromatic N) is 1. The lowest BCUT2D eigenvalue weighted by Crippen LogP contribution is -2.41. The minimum absolute atomic E-state index is 0.0470. The van der Waals surface area contributed by atoms with E-state index in [4.69, 9.17) is 0 Å². The molecule has 1 fully saturated rings. The first kappa shape index (κ1) is 14.9. The third-order valence-corrected chi connectivity index (χ3v) is 4.54. The normalized spacial score (nSPS) is 17.3. The van der Waals surface area contributed by atoms with E-state index in [0.29, 0.717) is 22.5 Å². The van der Waals surface area contributed by atoms with Crippen LogP contribution in [0, 0.1) is 18.3 Å². The van der Waals surface area contributed by atoms with Crippen LogP contribution in [-0.2, 0) is 0 Å². The van der Waals surface area contributed by atoms with E-state index in [1.165, 1.54) is 0 Å². The second-order valence-corrected chi connectivity index (χ2v) is 6.88. The first-order valence-corrected chi connectivity index (χ1v) is 7.38. The second kappa shape index (κ2) is 5.47. The molecule has 0 atom stereocenters. The molecule has 1 aliphatic rings. The Balaban J connectivity index is 2.07. The quantitative estimate of drug-likeness (QED) is 0.850. The van der Waals surface area contributed by atoms with E-state index < -0.39 is 0 Å². The molecule has 0 bridgehead atoms. The highest BCUT2D eigenvalue weighted by molar-refractivity contribution is 5.96. The summed E-state index contributed by atoms with van der Waals surface area (Å²) in [4.78, 5) is 14.5. The number of carbonyl (C=O) groups excluding carboxylic acids is 1. The van der Waals surface area contributed by atoms with E-state index in [9.17, 15) is 9.90 Å². The van der Waals surface area contributed by atoms with Gasteiger partial charge in [0.25, 0.3) is 5.91 Å². The molecule has 2 rings (SSSR count). The van der Waals surface area contributed by atoms with Gasteiger partial charge >= 0.3 is 0 Å². The predicted molar refractivity (Wildman–Crippen MR) is 80.9 cm³/mol. The number of amides is 1. The monoisotopic (exact) mass is 275 g/mol. The van der Waals surface area contributed by atoms with E-state index in [1.807, 2.05) is 4.90 Å². The Morgan fingerprint density at radius 1 is 1.25 bits per heavy atom. The molecule has 0 aromatic heterocycles. The summed E-state index contributed by atoms with van der Waals surface area (Å²) in [5.74, 6) is 0.919. The van der Waals surface area contributed by atoms with Gasteiger partial charge in [-0.05, 0) is 43.2 Å². The van der Waals surface area contributed by atoms with Crippen LogP contribution in [0.4, 0.5) is 0 Å². The Morgan fingerprint density at radius 3 is 2.40 bits per heavy atom. The maximum absolute atomic E-state index is 12.5. The minimum Gasteiger partial charge on any atom is -0.508 e. The Morgan fingerprint density at radius 2 is 1.85 bits per heavy atom. The summed E-state index contributed by atoms with van der Waals surface area (Å²) in [6.07, 6.45) is 2.13. The van der Waals surface area contributed by atoms with E-state index in [-0.39, 0.29) is 11.7 Å². The number of hydrogen-bond acceptors (Lipinski definition) is 2. The van der Waals surface area contributed by atoms with Crippen molar-refractivity contribution >= 4 is 5.91 Å². The highest BCUT2D eigenvalue weighted by Crippen LogP contribution is 2.34. The summed E-state index contributed by atoms with van der Waals surface area (Å²) in [5.41, 5.74) is 1.62. The average molecular weight is 275 g/mol. The minimum atomic E-state index is 0.0470. The van der Waals surface area contributed by atoms with Crippen LogP contribution in [0.2, 0.25) is 0 Å². The van der Waals surface area contributed by atoms with Crippen LogP contribution < -0.4 is 0 Å². The lowest BCUT2D eigenvalue weighted by Gasteiger charge is -2.39. The van der Waals surface area contributed by atoms with Gasteiger partial charge in [-0.1, -0.05) is 26.8 Å². The molecule has 1 N–H and O–H groups in total.